The molecule has 0 radical (unpaired) electrons. The molecule has 1 spiro atoms. The van der Waals surface area contributed by atoms with Crippen LogP contribution in [0, 0.1) is 11.8 Å². The number of carbonyl (C=O) groups excluding carboxylic acids is 1. The van der Waals surface area contributed by atoms with E-state index in [1.165, 1.54) is 11.1 Å². The van der Waals surface area contributed by atoms with E-state index < -0.39 is 33.9 Å². The number of allylic oxidation sites excluding steroid dienone is 1. The number of nitrogens with zero attached hydrogens (tertiary/aromatic N) is 1. The first-order chi connectivity index (χ1) is 19.7. The number of fused-ring (bicyclic) bond motifs is 4. The van der Waals surface area contributed by atoms with E-state index >= 15 is 0 Å². The maximum Gasteiger partial charge on any atom is 0.264 e. The predicted molar refractivity (Wildman–Crippen MR) is 158 cm³/mol. The number of benzene rings is 2. The Morgan fingerprint density at radius 3 is 2.73 bits per heavy atom. The molecule has 0 aromatic heterocycles. The number of nitrogens with one attached hydrogen (secondary N) is 1. The lowest BCUT2D eigenvalue weighted by molar-refractivity contribution is 0.0177. The van der Waals surface area contributed by atoms with Crippen molar-refractivity contribution in [3.8, 4) is 5.75 Å². The smallest absolute Gasteiger partial charge is 0.264 e. The van der Waals surface area contributed by atoms with Gasteiger partial charge in [-0.2, -0.15) is 0 Å². The Morgan fingerprint density at radius 1 is 1.12 bits per heavy atom. The molecule has 1 saturated carbocycles. The monoisotopic (exact) mass is 600 g/mol. The average Bonchev–Trinajstić information content (AvgIpc) is 3.07. The molecule has 3 N–H and O–H groups in total. The van der Waals surface area contributed by atoms with Gasteiger partial charge in [0.15, 0.2) is 0 Å². The molecule has 1 fully saturated rings. The Balaban J connectivity index is 1.42. The first-order valence-electron chi connectivity index (χ1n) is 14.5. The molecule has 220 valence electrons. The molecular weight excluding hydrogens is 564 g/mol. The van der Waals surface area contributed by atoms with Gasteiger partial charge >= 0.3 is 0 Å². The SMILES string of the molecule is O=C1NS(=O)(=O)[C@H](CO)C/C=C\C[C@H](O)[C@@H]2CC[C@H]2CN2C[C@@]3(CCCc4cc(Cl)ccc43)COc3ccc1cc32. The van der Waals surface area contributed by atoms with E-state index in [0.29, 0.717) is 31.9 Å². The van der Waals surface area contributed by atoms with E-state index in [-0.39, 0.29) is 29.2 Å². The van der Waals surface area contributed by atoms with Gasteiger partial charge in [0.25, 0.3) is 5.91 Å². The third-order valence-electron chi connectivity index (χ3n) is 9.55. The highest BCUT2D eigenvalue weighted by molar-refractivity contribution is 7.90. The number of ether oxygens (including phenoxy) is 1. The normalized spacial score (nSPS) is 32.0. The number of aliphatic hydroxyl groups excluding tert-OH is 2. The molecule has 0 saturated heterocycles. The van der Waals surface area contributed by atoms with Gasteiger partial charge in [-0.1, -0.05) is 29.8 Å². The van der Waals surface area contributed by atoms with Crippen LogP contribution in [-0.4, -0.2) is 62.2 Å². The largest absolute Gasteiger partial charge is 0.490 e. The molecule has 5 atom stereocenters. The van der Waals surface area contributed by atoms with Gasteiger partial charge in [0.05, 0.1) is 25.0 Å². The predicted octanol–water partition coefficient (Wildman–Crippen LogP) is 3.97. The van der Waals surface area contributed by atoms with Crippen LogP contribution < -0.4 is 14.4 Å². The van der Waals surface area contributed by atoms with Gasteiger partial charge in [-0.05, 0) is 98.2 Å². The summed E-state index contributed by atoms with van der Waals surface area (Å²) in [6.45, 7) is 1.22. The number of halogens is 1. The fourth-order valence-corrected chi connectivity index (χ4v) is 8.39. The standard InChI is InChI=1S/C31H37ClN2O6S/c32-23-9-11-26-20(14-23)4-3-13-31(26)18-34-16-22-7-10-25(22)28(36)6-2-1-5-24(17-35)41(38,39)33-30(37)21-8-12-29(40-19-31)27(34)15-21/h1-2,8-9,11-12,14-15,22,24-25,28,35-36H,3-7,10,13,16-19H2,(H,33,37)/b2-1-/t22-,24-,25+,28-,31-/m0/s1. The summed E-state index contributed by atoms with van der Waals surface area (Å²) in [5.41, 5.74) is 3.15. The quantitative estimate of drug-likeness (QED) is 0.424. The highest BCUT2D eigenvalue weighted by Gasteiger charge is 2.44. The van der Waals surface area contributed by atoms with Crippen molar-refractivity contribution in [1.82, 2.24) is 4.72 Å². The van der Waals surface area contributed by atoms with Gasteiger partial charge in [0.2, 0.25) is 10.0 Å². The first kappa shape index (κ1) is 28.5. The molecule has 1 amide bonds. The van der Waals surface area contributed by atoms with Crippen LogP contribution in [0.3, 0.4) is 0 Å². The van der Waals surface area contributed by atoms with Crippen molar-refractivity contribution in [2.24, 2.45) is 11.8 Å². The van der Waals surface area contributed by atoms with Gasteiger partial charge in [-0.25, -0.2) is 13.1 Å². The zero-order valence-electron chi connectivity index (χ0n) is 23.0. The Morgan fingerprint density at radius 2 is 1.95 bits per heavy atom. The Hall–Kier alpha value is -2.59. The second-order valence-corrected chi connectivity index (χ2v) is 14.5. The van der Waals surface area contributed by atoms with Gasteiger partial charge in [0.1, 0.15) is 11.0 Å². The number of carbonyl (C=O) groups is 1. The summed E-state index contributed by atoms with van der Waals surface area (Å²) >= 11 is 6.37. The van der Waals surface area contributed by atoms with Crippen molar-refractivity contribution in [3.05, 3.63) is 70.3 Å². The lowest BCUT2D eigenvalue weighted by Gasteiger charge is -2.45. The van der Waals surface area contributed by atoms with E-state index in [1.54, 1.807) is 30.4 Å². The summed E-state index contributed by atoms with van der Waals surface area (Å²) in [6.07, 6.45) is 8.21. The number of aliphatic hydroxyl groups is 2. The molecule has 2 bridgehead atoms. The summed E-state index contributed by atoms with van der Waals surface area (Å²) in [5.74, 6) is 0.301. The van der Waals surface area contributed by atoms with Crippen molar-refractivity contribution >= 4 is 33.2 Å². The maximum atomic E-state index is 13.2. The summed E-state index contributed by atoms with van der Waals surface area (Å²) in [7, 11) is -4.14. The summed E-state index contributed by atoms with van der Waals surface area (Å²) in [5, 5.41) is 20.4. The van der Waals surface area contributed by atoms with Crippen LogP contribution >= 0.6 is 11.6 Å². The van der Waals surface area contributed by atoms with E-state index in [0.717, 1.165) is 42.8 Å². The maximum absolute atomic E-state index is 13.2. The minimum absolute atomic E-state index is 0.0422. The molecule has 41 heavy (non-hydrogen) atoms. The van der Waals surface area contributed by atoms with Gasteiger partial charge in [0, 0.05) is 29.1 Å². The molecule has 2 aromatic carbocycles. The van der Waals surface area contributed by atoms with Crippen LogP contribution in [0.4, 0.5) is 5.69 Å². The number of aryl methyl sites for hydroxylation is 1. The number of anilines is 1. The third kappa shape index (κ3) is 5.49. The van der Waals surface area contributed by atoms with Crippen molar-refractivity contribution in [3.63, 3.8) is 0 Å². The minimum atomic E-state index is -4.14. The number of rotatable bonds is 1. The van der Waals surface area contributed by atoms with Crippen LogP contribution in [0.2, 0.25) is 5.02 Å². The Bertz CT molecular complexity index is 1460. The van der Waals surface area contributed by atoms with Crippen LogP contribution in [0.1, 0.15) is 60.0 Å². The molecule has 2 aliphatic carbocycles. The second kappa shape index (κ2) is 11.2. The Labute approximate surface area is 246 Å². The van der Waals surface area contributed by atoms with Crippen molar-refractivity contribution in [2.45, 2.75) is 61.7 Å². The minimum Gasteiger partial charge on any atom is -0.490 e. The van der Waals surface area contributed by atoms with Gasteiger partial charge in [-0.15, -0.1) is 0 Å². The van der Waals surface area contributed by atoms with Crippen LogP contribution in [0.15, 0.2) is 48.6 Å². The summed E-state index contributed by atoms with van der Waals surface area (Å²) in [4.78, 5) is 15.5. The number of sulfonamides is 1. The first-order valence-corrected chi connectivity index (χ1v) is 16.4. The highest BCUT2D eigenvalue weighted by Crippen LogP contribution is 2.46. The molecular formula is C31H37ClN2O6S. The van der Waals surface area contributed by atoms with Crippen molar-refractivity contribution in [2.75, 3.05) is 31.2 Å². The number of amides is 1. The molecule has 2 aromatic rings. The number of hydrogen-bond acceptors (Lipinski definition) is 7. The average molecular weight is 601 g/mol. The van der Waals surface area contributed by atoms with E-state index in [2.05, 4.69) is 21.8 Å². The van der Waals surface area contributed by atoms with E-state index in [1.807, 2.05) is 6.07 Å². The topological polar surface area (TPSA) is 116 Å². The van der Waals surface area contributed by atoms with Crippen LogP contribution in [-0.2, 0) is 21.9 Å². The molecule has 2 aliphatic heterocycles. The van der Waals surface area contributed by atoms with E-state index in [9.17, 15) is 23.4 Å². The molecule has 2 heterocycles. The van der Waals surface area contributed by atoms with E-state index in [4.69, 9.17) is 16.3 Å². The molecule has 8 nitrogen and oxygen atoms in total. The lowest BCUT2D eigenvalue weighted by Crippen LogP contribution is -2.49. The zero-order chi connectivity index (χ0) is 28.8. The highest BCUT2D eigenvalue weighted by atomic mass is 35.5. The Kier molecular flexibility index (Phi) is 7.82. The fourth-order valence-electron chi connectivity index (χ4n) is 7.10. The molecule has 0 unspecified atom stereocenters. The molecule has 4 aliphatic rings. The lowest BCUT2D eigenvalue weighted by atomic mass is 9.68. The van der Waals surface area contributed by atoms with Gasteiger partial charge in [-0.3, -0.25) is 4.79 Å². The zero-order valence-corrected chi connectivity index (χ0v) is 24.5. The van der Waals surface area contributed by atoms with Crippen molar-refractivity contribution in [1.29, 1.82) is 0 Å². The molecule has 10 heteroatoms. The van der Waals surface area contributed by atoms with Crippen LogP contribution in [0.25, 0.3) is 0 Å². The third-order valence-corrected chi connectivity index (χ3v) is 11.5. The molecule has 6 rings (SSSR count). The van der Waals surface area contributed by atoms with Crippen LogP contribution in [0.5, 0.6) is 5.75 Å². The van der Waals surface area contributed by atoms with Gasteiger partial charge < -0.3 is 19.8 Å². The number of hydrogen-bond donors (Lipinski definition) is 3. The summed E-state index contributed by atoms with van der Waals surface area (Å²) in [6, 6.07) is 11.2. The summed E-state index contributed by atoms with van der Waals surface area (Å²) < 4.78 is 34.6. The van der Waals surface area contributed by atoms with Crippen molar-refractivity contribution < 1.29 is 28.2 Å². The fraction of sp³-hybridized carbons (Fsp3) is 0.516. The second-order valence-electron chi connectivity index (χ2n) is 12.1.